The van der Waals surface area contributed by atoms with E-state index >= 15 is 0 Å². The van der Waals surface area contributed by atoms with Gasteiger partial charge in [0.05, 0.1) is 0 Å². The Bertz CT molecular complexity index is 267. The van der Waals surface area contributed by atoms with E-state index in [9.17, 15) is 5.26 Å². The van der Waals surface area contributed by atoms with Gasteiger partial charge in [-0.2, -0.15) is 9.78 Å². The Morgan fingerprint density at radius 3 is 1.70 bits per heavy atom. The van der Waals surface area contributed by atoms with Crippen molar-refractivity contribution in [2.75, 3.05) is 6.61 Å². The Morgan fingerprint density at radius 1 is 0.750 bits per heavy atom. The highest BCUT2D eigenvalue weighted by Gasteiger charge is 2.41. The molecule has 2 aliphatic rings. The van der Waals surface area contributed by atoms with E-state index in [1.54, 1.807) is 0 Å². The molecule has 2 rings (SSSR count). The molecule has 1 N–H and O–H groups in total. The molecule has 0 aromatic rings. The number of ether oxygens (including phenoxy) is 1. The standard InChI is InChI=1S/C15H28O5/c1-2-17-14(10-6-3-4-7-11-14)19-20-15(18-16)12-8-5-9-13-15/h16H,2-13H2,1H3. The van der Waals surface area contributed by atoms with E-state index < -0.39 is 11.6 Å². The highest BCUT2D eigenvalue weighted by atomic mass is 17.3. The minimum Gasteiger partial charge on any atom is -0.348 e. The zero-order chi connectivity index (χ0) is 14.3. The van der Waals surface area contributed by atoms with E-state index in [0.717, 1.165) is 44.9 Å². The van der Waals surface area contributed by atoms with Crippen LogP contribution in [0.1, 0.15) is 77.6 Å². The van der Waals surface area contributed by atoms with Gasteiger partial charge in [0, 0.05) is 32.3 Å². The molecule has 2 aliphatic carbocycles. The molecule has 0 aromatic heterocycles. The predicted octanol–water partition coefficient (Wildman–Crippen LogP) is 4.17. The molecule has 0 aromatic carbocycles. The van der Waals surface area contributed by atoms with Crippen LogP contribution in [0.3, 0.4) is 0 Å². The maximum atomic E-state index is 9.19. The molecule has 2 saturated carbocycles. The SMILES string of the molecule is CCOC1(OOC2(OO)CCCCC2)CCCCCC1. The maximum Gasteiger partial charge on any atom is 0.233 e. The number of hydrogen-bond acceptors (Lipinski definition) is 5. The van der Waals surface area contributed by atoms with Crippen LogP contribution in [0, 0.1) is 0 Å². The molecule has 0 spiro atoms. The summed E-state index contributed by atoms with van der Waals surface area (Å²) >= 11 is 0. The first-order chi connectivity index (χ1) is 9.74. The Kier molecular flexibility index (Phi) is 6.23. The van der Waals surface area contributed by atoms with Crippen LogP contribution in [0.2, 0.25) is 0 Å². The van der Waals surface area contributed by atoms with Crippen molar-refractivity contribution in [3.05, 3.63) is 0 Å². The van der Waals surface area contributed by atoms with Crippen LogP contribution >= 0.6 is 0 Å². The van der Waals surface area contributed by atoms with Crippen LogP contribution in [0.4, 0.5) is 0 Å². The van der Waals surface area contributed by atoms with Gasteiger partial charge in [0.1, 0.15) is 0 Å². The van der Waals surface area contributed by atoms with Crippen molar-refractivity contribution in [3.63, 3.8) is 0 Å². The summed E-state index contributed by atoms with van der Waals surface area (Å²) in [5.74, 6) is -1.68. The van der Waals surface area contributed by atoms with Crippen LogP contribution in [-0.2, 0) is 19.4 Å². The molecule has 118 valence electrons. The maximum absolute atomic E-state index is 9.19. The second-order valence-corrected chi connectivity index (χ2v) is 5.99. The van der Waals surface area contributed by atoms with Crippen molar-refractivity contribution in [3.8, 4) is 0 Å². The summed E-state index contributed by atoms with van der Waals surface area (Å²) in [6.07, 6.45) is 10.7. The molecule has 20 heavy (non-hydrogen) atoms. The van der Waals surface area contributed by atoms with Crippen LogP contribution < -0.4 is 0 Å². The molecule has 5 nitrogen and oxygen atoms in total. The van der Waals surface area contributed by atoms with E-state index in [0.29, 0.717) is 19.4 Å². The Morgan fingerprint density at radius 2 is 1.20 bits per heavy atom. The molecule has 0 aliphatic heterocycles. The topological polar surface area (TPSA) is 57.2 Å². The van der Waals surface area contributed by atoms with Crippen molar-refractivity contribution in [2.24, 2.45) is 0 Å². The summed E-state index contributed by atoms with van der Waals surface area (Å²) in [7, 11) is 0. The Labute approximate surface area is 121 Å². The first kappa shape index (κ1) is 16.2. The predicted molar refractivity (Wildman–Crippen MR) is 73.8 cm³/mol. The molecule has 2 fully saturated rings. The van der Waals surface area contributed by atoms with Crippen LogP contribution in [0.15, 0.2) is 0 Å². The molecule has 0 saturated heterocycles. The normalized spacial score (nSPS) is 26.1. The van der Waals surface area contributed by atoms with Crippen molar-refractivity contribution in [1.82, 2.24) is 0 Å². The van der Waals surface area contributed by atoms with Gasteiger partial charge in [-0.05, 0) is 32.6 Å². The molecular formula is C15H28O5. The lowest BCUT2D eigenvalue weighted by molar-refractivity contribution is -0.550. The highest BCUT2D eigenvalue weighted by Crippen LogP contribution is 2.37. The molecule has 0 bridgehead atoms. The van der Waals surface area contributed by atoms with Gasteiger partial charge >= 0.3 is 0 Å². The fourth-order valence-corrected chi connectivity index (χ4v) is 3.21. The molecule has 0 radical (unpaired) electrons. The van der Waals surface area contributed by atoms with Gasteiger partial charge in [0.2, 0.25) is 11.6 Å². The zero-order valence-corrected chi connectivity index (χ0v) is 12.6. The minimum absolute atomic E-state index is 0.594. The van der Waals surface area contributed by atoms with Gasteiger partial charge in [-0.1, -0.05) is 19.3 Å². The summed E-state index contributed by atoms with van der Waals surface area (Å²) in [6, 6.07) is 0. The average Bonchev–Trinajstić information content (AvgIpc) is 2.73. The fraction of sp³-hybridized carbons (Fsp3) is 1.00. The van der Waals surface area contributed by atoms with Crippen molar-refractivity contribution in [2.45, 2.75) is 89.1 Å². The lowest BCUT2D eigenvalue weighted by atomic mass is 9.94. The molecule has 0 atom stereocenters. The summed E-state index contributed by atoms with van der Waals surface area (Å²) in [5, 5.41) is 9.19. The quantitative estimate of drug-likeness (QED) is 0.344. The smallest absolute Gasteiger partial charge is 0.233 e. The summed E-state index contributed by atoms with van der Waals surface area (Å²) in [6.45, 7) is 2.56. The fourth-order valence-electron chi connectivity index (χ4n) is 3.21. The van der Waals surface area contributed by atoms with E-state index in [4.69, 9.17) is 14.5 Å². The second kappa shape index (κ2) is 7.71. The number of rotatable bonds is 6. The second-order valence-electron chi connectivity index (χ2n) is 5.99. The summed E-state index contributed by atoms with van der Waals surface area (Å²) in [4.78, 5) is 15.9. The van der Waals surface area contributed by atoms with Crippen LogP contribution in [0.5, 0.6) is 0 Å². The van der Waals surface area contributed by atoms with Crippen LogP contribution in [-0.4, -0.2) is 23.4 Å². The molecule has 0 unspecified atom stereocenters. The monoisotopic (exact) mass is 288 g/mol. The lowest BCUT2D eigenvalue weighted by Crippen LogP contribution is -2.43. The van der Waals surface area contributed by atoms with Gasteiger partial charge in [-0.3, -0.25) is 0 Å². The Balaban J connectivity index is 1.96. The largest absolute Gasteiger partial charge is 0.348 e. The summed E-state index contributed by atoms with van der Waals surface area (Å²) in [5.41, 5.74) is 0. The van der Waals surface area contributed by atoms with Gasteiger partial charge in [-0.25, -0.2) is 10.1 Å². The van der Waals surface area contributed by atoms with Gasteiger partial charge in [0.15, 0.2) is 0 Å². The molecule has 0 heterocycles. The van der Waals surface area contributed by atoms with Gasteiger partial charge < -0.3 is 4.74 Å². The van der Waals surface area contributed by atoms with Crippen molar-refractivity contribution >= 4 is 0 Å². The lowest BCUT2D eigenvalue weighted by Gasteiger charge is -2.37. The zero-order valence-electron chi connectivity index (χ0n) is 12.6. The van der Waals surface area contributed by atoms with Gasteiger partial charge in [0.25, 0.3) is 0 Å². The highest BCUT2D eigenvalue weighted by molar-refractivity contribution is 4.75. The molecular weight excluding hydrogens is 260 g/mol. The average molecular weight is 288 g/mol. The minimum atomic E-state index is -1.01. The van der Waals surface area contributed by atoms with E-state index in [2.05, 4.69) is 4.89 Å². The van der Waals surface area contributed by atoms with Crippen LogP contribution in [0.25, 0.3) is 0 Å². The first-order valence-electron chi connectivity index (χ1n) is 8.08. The third-order valence-corrected chi connectivity index (χ3v) is 4.40. The molecule has 0 amide bonds. The third-order valence-electron chi connectivity index (χ3n) is 4.40. The van der Waals surface area contributed by atoms with Crippen molar-refractivity contribution in [1.29, 1.82) is 0 Å². The van der Waals surface area contributed by atoms with E-state index in [-0.39, 0.29) is 0 Å². The van der Waals surface area contributed by atoms with Gasteiger partial charge in [-0.15, -0.1) is 0 Å². The summed E-state index contributed by atoms with van der Waals surface area (Å²) < 4.78 is 5.85. The van der Waals surface area contributed by atoms with E-state index in [1.165, 1.54) is 12.8 Å². The van der Waals surface area contributed by atoms with E-state index in [1.807, 2.05) is 6.92 Å². The Hall–Kier alpha value is -0.200. The first-order valence-corrected chi connectivity index (χ1v) is 8.08. The molecule has 5 heteroatoms. The van der Waals surface area contributed by atoms with Crippen molar-refractivity contribution < 1.29 is 24.7 Å². The third kappa shape index (κ3) is 4.15. The number of hydrogen-bond donors (Lipinski definition) is 1.